The van der Waals surface area contributed by atoms with Crippen LogP contribution in [0.5, 0.6) is 0 Å². The number of fused-ring (bicyclic) bond motifs is 1. The van der Waals surface area contributed by atoms with E-state index in [9.17, 15) is 4.79 Å². The van der Waals surface area contributed by atoms with Crippen LogP contribution in [0.2, 0.25) is 0 Å². The fourth-order valence-electron chi connectivity index (χ4n) is 4.35. The van der Waals surface area contributed by atoms with E-state index in [0.29, 0.717) is 0 Å². The van der Waals surface area contributed by atoms with E-state index in [4.69, 9.17) is 9.40 Å². The van der Waals surface area contributed by atoms with Crippen LogP contribution in [0.25, 0.3) is 22.4 Å². The second-order valence-corrected chi connectivity index (χ2v) is 8.19. The molecule has 1 atom stereocenters. The van der Waals surface area contributed by atoms with Gasteiger partial charge in [0.15, 0.2) is 0 Å². The molecule has 1 saturated heterocycles. The molecule has 2 aromatic heterocycles. The zero-order valence-electron chi connectivity index (χ0n) is 17.6. The van der Waals surface area contributed by atoms with Crippen LogP contribution in [0.1, 0.15) is 18.7 Å². The lowest BCUT2D eigenvalue weighted by Gasteiger charge is -2.31. The van der Waals surface area contributed by atoms with Crippen molar-refractivity contribution >= 4 is 22.6 Å². The molecule has 1 amide bonds. The molecule has 158 valence electrons. The fraction of sp³-hybridized carbons (Fsp3) is 0.280. The molecule has 4 aromatic rings. The Morgan fingerprint density at radius 3 is 2.74 bits per heavy atom. The van der Waals surface area contributed by atoms with Gasteiger partial charge in [0.1, 0.15) is 11.6 Å². The van der Waals surface area contributed by atoms with Crippen LogP contribution in [0.4, 0.5) is 5.69 Å². The summed E-state index contributed by atoms with van der Waals surface area (Å²) in [5.74, 6) is 1.92. The van der Waals surface area contributed by atoms with Gasteiger partial charge in [-0.1, -0.05) is 12.1 Å². The molecule has 2 aromatic carbocycles. The molecule has 1 aliphatic heterocycles. The summed E-state index contributed by atoms with van der Waals surface area (Å²) in [4.78, 5) is 20.0. The third kappa shape index (κ3) is 4.11. The number of aryl methyl sites for hydroxylation is 1. The highest BCUT2D eigenvalue weighted by Gasteiger charge is 2.26. The number of carbonyl (C=O) groups excluding carboxylic acids is 1. The lowest BCUT2D eigenvalue weighted by atomic mass is 9.97. The van der Waals surface area contributed by atoms with Gasteiger partial charge in [-0.2, -0.15) is 0 Å². The van der Waals surface area contributed by atoms with Crippen molar-refractivity contribution in [1.82, 2.24) is 14.5 Å². The number of amides is 1. The zero-order valence-corrected chi connectivity index (χ0v) is 17.6. The van der Waals surface area contributed by atoms with E-state index in [0.717, 1.165) is 66.3 Å². The first kappa shape index (κ1) is 19.6. The molecule has 5 rings (SSSR count). The predicted molar refractivity (Wildman–Crippen MR) is 121 cm³/mol. The first-order valence-electron chi connectivity index (χ1n) is 10.7. The molecule has 0 bridgehead atoms. The molecule has 3 heterocycles. The summed E-state index contributed by atoms with van der Waals surface area (Å²) >= 11 is 0. The Hall–Kier alpha value is -3.38. The molecule has 0 unspecified atom stereocenters. The van der Waals surface area contributed by atoms with Gasteiger partial charge in [-0.25, -0.2) is 4.98 Å². The average molecular weight is 415 g/mol. The number of likely N-dealkylation sites (tertiary alicyclic amines) is 1. The van der Waals surface area contributed by atoms with Gasteiger partial charge in [-0.3, -0.25) is 9.69 Å². The van der Waals surface area contributed by atoms with Crippen molar-refractivity contribution < 1.29 is 9.21 Å². The van der Waals surface area contributed by atoms with Crippen LogP contribution in [-0.4, -0.2) is 33.4 Å². The first-order valence-corrected chi connectivity index (χ1v) is 10.7. The Kier molecular flexibility index (Phi) is 5.30. The number of aromatic nitrogens is 2. The maximum Gasteiger partial charge on any atom is 0.228 e. The number of piperidine rings is 1. The van der Waals surface area contributed by atoms with Gasteiger partial charge in [-0.05, 0) is 67.9 Å². The highest BCUT2D eigenvalue weighted by molar-refractivity contribution is 5.93. The number of nitrogens with zero attached hydrogens (tertiary/aromatic N) is 3. The largest absolute Gasteiger partial charge is 0.464 e. The highest BCUT2D eigenvalue weighted by atomic mass is 16.3. The number of para-hydroxylation sites is 2. The molecule has 1 aliphatic rings. The smallest absolute Gasteiger partial charge is 0.228 e. The summed E-state index contributed by atoms with van der Waals surface area (Å²) in [5, 5.41) is 3.08. The summed E-state index contributed by atoms with van der Waals surface area (Å²) in [7, 11) is 2.06. The van der Waals surface area contributed by atoms with E-state index in [-0.39, 0.29) is 11.8 Å². The molecule has 6 nitrogen and oxygen atoms in total. The molecule has 1 fully saturated rings. The molecule has 0 aliphatic carbocycles. The molecular weight excluding hydrogens is 388 g/mol. The van der Waals surface area contributed by atoms with Crippen molar-refractivity contribution in [3.05, 3.63) is 72.8 Å². The van der Waals surface area contributed by atoms with Crippen molar-refractivity contribution in [2.45, 2.75) is 19.4 Å². The topological polar surface area (TPSA) is 63.3 Å². The van der Waals surface area contributed by atoms with E-state index in [2.05, 4.69) is 27.9 Å². The van der Waals surface area contributed by atoms with Gasteiger partial charge in [0.2, 0.25) is 5.91 Å². The Bertz CT molecular complexity index is 1180. The number of furan rings is 1. The monoisotopic (exact) mass is 414 g/mol. The number of hydrogen-bond acceptors (Lipinski definition) is 4. The van der Waals surface area contributed by atoms with Gasteiger partial charge in [-0.15, -0.1) is 0 Å². The molecular formula is C25H26N4O2. The van der Waals surface area contributed by atoms with Crippen molar-refractivity contribution in [1.29, 1.82) is 0 Å². The van der Waals surface area contributed by atoms with Crippen molar-refractivity contribution in [2.24, 2.45) is 13.0 Å². The Balaban J connectivity index is 1.22. The molecule has 1 N–H and O–H groups in total. The first-order chi connectivity index (χ1) is 15.2. The van der Waals surface area contributed by atoms with Gasteiger partial charge < -0.3 is 14.3 Å². The van der Waals surface area contributed by atoms with Crippen molar-refractivity contribution in [2.75, 3.05) is 18.4 Å². The Morgan fingerprint density at radius 2 is 1.97 bits per heavy atom. The van der Waals surface area contributed by atoms with Crippen LogP contribution < -0.4 is 5.32 Å². The van der Waals surface area contributed by atoms with Gasteiger partial charge in [0, 0.05) is 24.8 Å². The molecule has 0 saturated carbocycles. The lowest BCUT2D eigenvalue weighted by Crippen LogP contribution is -2.40. The SMILES string of the molecule is Cn1c(CN2CCC[C@@H](C(=O)Nc3ccc(-c4ccco4)cc3)C2)nc2ccccc21. The fourth-order valence-corrected chi connectivity index (χ4v) is 4.35. The molecule has 6 heteroatoms. The summed E-state index contributed by atoms with van der Waals surface area (Å²) in [6, 6.07) is 19.8. The van der Waals surface area contributed by atoms with Gasteiger partial charge in [0.25, 0.3) is 0 Å². The van der Waals surface area contributed by atoms with Crippen LogP contribution in [0.3, 0.4) is 0 Å². The van der Waals surface area contributed by atoms with E-state index in [1.165, 1.54) is 0 Å². The number of rotatable bonds is 5. The normalized spacial score (nSPS) is 17.1. The molecule has 31 heavy (non-hydrogen) atoms. The number of benzene rings is 2. The minimum absolute atomic E-state index is 0.0202. The quantitative estimate of drug-likeness (QED) is 0.515. The zero-order chi connectivity index (χ0) is 21.2. The molecule has 0 radical (unpaired) electrons. The van der Waals surface area contributed by atoms with E-state index >= 15 is 0 Å². The summed E-state index contributed by atoms with van der Waals surface area (Å²) in [6.07, 6.45) is 3.59. The van der Waals surface area contributed by atoms with Gasteiger partial charge >= 0.3 is 0 Å². The second kappa shape index (κ2) is 8.40. The van der Waals surface area contributed by atoms with Crippen LogP contribution in [0, 0.1) is 5.92 Å². The summed E-state index contributed by atoms with van der Waals surface area (Å²) in [5.41, 5.74) is 3.97. The van der Waals surface area contributed by atoms with Crippen LogP contribution in [-0.2, 0) is 18.4 Å². The Labute approximate surface area is 181 Å². The van der Waals surface area contributed by atoms with E-state index in [1.807, 2.05) is 54.6 Å². The van der Waals surface area contributed by atoms with Crippen molar-refractivity contribution in [3.8, 4) is 11.3 Å². The van der Waals surface area contributed by atoms with Crippen molar-refractivity contribution in [3.63, 3.8) is 0 Å². The summed E-state index contributed by atoms with van der Waals surface area (Å²) in [6.45, 7) is 2.50. The number of imidazole rings is 1. The summed E-state index contributed by atoms with van der Waals surface area (Å²) < 4.78 is 7.58. The maximum atomic E-state index is 12.9. The van der Waals surface area contributed by atoms with Crippen LogP contribution in [0.15, 0.2) is 71.3 Å². The minimum atomic E-state index is -0.0202. The Morgan fingerprint density at radius 1 is 1.13 bits per heavy atom. The third-order valence-corrected chi connectivity index (χ3v) is 6.08. The number of anilines is 1. The minimum Gasteiger partial charge on any atom is -0.464 e. The van der Waals surface area contributed by atoms with Crippen LogP contribution >= 0.6 is 0 Å². The predicted octanol–water partition coefficient (Wildman–Crippen LogP) is 4.68. The third-order valence-electron chi connectivity index (χ3n) is 6.08. The molecule has 0 spiro atoms. The number of nitrogens with one attached hydrogen (secondary N) is 1. The number of hydrogen-bond donors (Lipinski definition) is 1. The van der Waals surface area contributed by atoms with E-state index in [1.54, 1.807) is 6.26 Å². The second-order valence-electron chi connectivity index (χ2n) is 8.19. The maximum absolute atomic E-state index is 12.9. The number of carbonyl (C=O) groups is 1. The average Bonchev–Trinajstić information content (AvgIpc) is 3.44. The highest BCUT2D eigenvalue weighted by Crippen LogP contribution is 2.24. The van der Waals surface area contributed by atoms with Gasteiger partial charge in [0.05, 0.1) is 29.8 Å². The standard InChI is InChI=1S/C25H26N4O2/c1-28-22-8-3-2-7-21(22)27-24(28)17-29-14-4-6-19(16-29)25(30)26-20-12-10-18(11-13-20)23-9-5-15-31-23/h2-3,5,7-13,15,19H,4,6,14,16-17H2,1H3,(H,26,30)/t19-/m1/s1. The van der Waals surface area contributed by atoms with E-state index < -0.39 is 0 Å². The lowest BCUT2D eigenvalue weighted by molar-refractivity contribution is -0.121.